The third-order valence-electron chi connectivity index (χ3n) is 2.67. The molecule has 1 amide bonds. The zero-order chi connectivity index (χ0) is 13.2. The van der Waals surface area contributed by atoms with Crippen LogP contribution in [0.3, 0.4) is 0 Å². The van der Waals surface area contributed by atoms with Crippen LogP contribution in [0.15, 0.2) is 12.1 Å². The van der Waals surface area contributed by atoms with Crippen LogP contribution in [-0.2, 0) is 4.79 Å². The molecule has 0 bridgehead atoms. The van der Waals surface area contributed by atoms with Gasteiger partial charge < -0.3 is 16.2 Å². The van der Waals surface area contributed by atoms with Crippen LogP contribution < -0.4 is 11.1 Å². The Morgan fingerprint density at radius 3 is 2.33 bits per heavy atom. The van der Waals surface area contributed by atoms with Crippen LogP contribution in [0.5, 0.6) is 5.75 Å². The Morgan fingerprint density at radius 2 is 1.89 bits per heavy atom. The van der Waals surface area contributed by atoms with Gasteiger partial charge in [0.2, 0.25) is 5.91 Å². The summed E-state index contributed by atoms with van der Waals surface area (Å²) in [5, 5.41) is 12.5. The lowest BCUT2D eigenvalue weighted by atomic mass is 9.99. The number of nitrogens with two attached hydrogens (primary N) is 1. The molecule has 1 unspecified atom stereocenters. The van der Waals surface area contributed by atoms with Gasteiger partial charge in [0.25, 0.3) is 0 Å². The molecule has 1 atom stereocenters. The molecular weight excluding hydrogens is 252 g/mol. The highest BCUT2D eigenvalue weighted by Gasteiger charge is 2.13. The molecule has 18 heavy (non-hydrogen) atoms. The fourth-order valence-corrected chi connectivity index (χ4v) is 1.55. The quantitative estimate of drug-likeness (QED) is 0.740. The fraction of sp³-hybridized carbons (Fsp3) is 0.462. The van der Waals surface area contributed by atoms with Crippen molar-refractivity contribution in [3.05, 3.63) is 23.3 Å². The molecule has 0 saturated carbocycles. The smallest absolute Gasteiger partial charge is 0.241 e. The zero-order valence-corrected chi connectivity index (χ0v) is 12.0. The lowest BCUT2D eigenvalue weighted by Crippen LogP contribution is -2.32. The SMILES string of the molecule is Cc1cc(O)c(C(C)C)cc1NC(=O)C(C)N.Cl. The van der Waals surface area contributed by atoms with E-state index in [0.717, 1.165) is 11.1 Å². The first-order chi connectivity index (χ1) is 7.82. The summed E-state index contributed by atoms with van der Waals surface area (Å²) >= 11 is 0. The summed E-state index contributed by atoms with van der Waals surface area (Å²) < 4.78 is 0. The minimum absolute atomic E-state index is 0. The van der Waals surface area contributed by atoms with E-state index in [4.69, 9.17) is 5.73 Å². The summed E-state index contributed by atoms with van der Waals surface area (Å²) in [5.74, 6) is 0.228. The summed E-state index contributed by atoms with van der Waals surface area (Å²) in [6, 6.07) is 2.91. The van der Waals surface area contributed by atoms with Crippen LogP contribution in [0.1, 0.15) is 37.8 Å². The molecule has 1 rings (SSSR count). The molecule has 1 aromatic rings. The van der Waals surface area contributed by atoms with Crippen molar-refractivity contribution in [2.75, 3.05) is 5.32 Å². The summed E-state index contributed by atoms with van der Waals surface area (Å²) in [5.41, 5.74) is 7.84. The van der Waals surface area contributed by atoms with Crippen molar-refractivity contribution in [2.45, 2.75) is 39.7 Å². The van der Waals surface area contributed by atoms with Gasteiger partial charge in [-0.25, -0.2) is 0 Å². The third-order valence-corrected chi connectivity index (χ3v) is 2.67. The Hall–Kier alpha value is -1.26. The largest absolute Gasteiger partial charge is 0.508 e. The Morgan fingerprint density at radius 1 is 1.33 bits per heavy atom. The second-order valence-corrected chi connectivity index (χ2v) is 4.66. The summed E-state index contributed by atoms with van der Waals surface area (Å²) in [6.45, 7) is 7.44. The number of hydrogen-bond donors (Lipinski definition) is 3. The Kier molecular flexibility index (Phi) is 6.15. The minimum Gasteiger partial charge on any atom is -0.508 e. The molecule has 0 heterocycles. The number of rotatable bonds is 3. The molecule has 0 aliphatic heterocycles. The van der Waals surface area contributed by atoms with Crippen LogP contribution in [0, 0.1) is 6.92 Å². The molecule has 4 N–H and O–H groups in total. The number of halogens is 1. The van der Waals surface area contributed by atoms with E-state index in [0.29, 0.717) is 5.69 Å². The molecule has 0 spiro atoms. The lowest BCUT2D eigenvalue weighted by molar-refractivity contribution is -0.117. The predicted molar refractivity (Wildman–Crippen MR) is 76.5 cm³/mol. The average Bonchev–Trinajstić information content (AvgIpc) is 2.21. The van der Waals surface area contributed by atoms with E-state index in [2.05, 4.69) is 5.32 Å². The predicted octanol–water partition coefficient (Wildman–Crippen LogP) is 2.53. The number of benzene rings is 1. The van der Waals surface area contributed by atoms with Gasteiger partial charge in [0.15, 0.2) is 0 Å². The van der Waals surface area contributed by atoms with Gasteiger partial charge in [0.05, 0.1) is 6.04 Å². The summed E-state index contributed by atoms with van der Waals surface area (Å²) in [7, 11) is 0. The van der Waals surface area contributed by atoms with Crippen molar-refractivity contribution in [1.29, 1.82) is 0 Å². The van der Waals surface area contributed by atoms with Crippen LogP contribution in [0.25, 0.3) is 0 Å². The monoisotopic (exact) mass is 272 g/mol. The minimum atomic E-state index is -0.550. The van der Waals surface area contributed by atoms with Gasteiger partial charge in [-0.05, 0) is 43.0 Å². The Labute approximate surface area is 114 Å². The van der Waals surface area contributed by atoms with E-state index in [1.807, 2.05) is 20.8 Å². The van der Waals surface area contributed by atoms with Crippen molar-refractivity contribution in [1.82, 2.24) is 0 Å². The molecule has 0 aliphatic carbocycles. The number of hydrogen-bond acceptors (Lipinski definition) is 3. The van der Waals surface area contributed by atoms with Gasteiger partial charge in [0.1, 0.15) is 5.75 Å². The number of aromatic hydroxyl groups is 1. The van der Waals surface area contributed by atoms with Crippen molar-refractivity contribution < 1.29 is 9.90 Å². The second kappa shape index (κ2) is 6.61. The standard InChI is InChI=1S/C13H20N2O2.ClH/c1-7(2)10-6-11(8(3)5-12(10)16)15-13(17)9(4)14;/h5-7,9,16H,14H2,1-4H3,(H,15,17);1H. The van der Waals surface area contributed by atoms with Gasteiger partial charge >= 0.3 is 0 Å². The number of amides is 1. The van der Waals surface area contributed by atoms with E-state index in [-0.39, 0.29) is 30.0 Å². The van der Waals surface area contributed by atoms with E-state index >= 15 is 0 Å². The number of nitrogens with one attached hydrogen (secondary N) is 1. The number of phenolic OH excluding ortho intramolecular Hbond substituents is 1. The van der Waals surface area contributed by atoms with E-state index in [1.54, 1.807) is 19.1 Å². The zero-order valence-electron chi connectivity index (χ0n) is 11.2. The molecule has 5 heteroatoms. The highest BCUT2D eigenvalue weighted by atomic mass is 35.5. The topological polar surface area (TPSA) is 75.3 Å². The van der Waals surface area contributed by atoms with E-state index < -0.39 is 6.04 Å². The number of aryl methyl sites for hydroxylation is 1. The summed E-state index contributed by atoms with van der Waals surface area (Å²) in [6.07, 6.45) is 0. The molecule has 0 radical (unpaired) electrons. The van der Waals surface area contributed by atoms with Crippen molar-refractivity contribution in [3.63, 3.8) is 0 Å². The fourth-order valence-electron chi connectivity index (χ4n) is 1.55. The second-order valence-electron chi connectivity index (χ2n) is 4.66. The molecule has 102 valence electrons. The third kappa shape index (κ3) is 3.89. The average molecular weight is 273 g/mol. The van der Waals surface area contributed by atoms with Gasteiger partial charge in [-0.1, -0.05) is 13.8 Å². The van der Waals surface area contributed by atoms with Gasteiger partial charge in [-0.3, -0.25) is 4.79 Å². The molecule has 0 saturated heterocycles. The number of phenols is 1. The normalized spacial score (nSPS) is 11.9. The first kappa shape index (κ1) is 16.7. The molecule has 0 aromatic heterocycles. The summed E-state index contributed by atoms with van der Waals surface area (Å²) in [4.78, 5) is 11.5. The Bertz CT molecular complexity index is 431. The molecular formula is C13H21ClN2O2. The van der Waals surface area contributed by atoms with Crippen LogP contribution in [-0.4, -0.2) is 17.1 Å². The number of carbonyl (C=O) groups is 1. The number of anilines is 1. The highest BCUT2D eigenvalue weighted by Crippen LogP contribution is 2.31. The van der Waals surface area contributed by atoms with Crippen molar-refractivity contribution >= 4 is 24.0 Å². The highest BCUT2D eigenvalue weighted by molar-refractivity contribution is 5.95. The van der Waals surface area contributed by atoms with Crippen LogP contribution >= 0.6 is 12.4 Å². The maximum atomic E-state index is 11.5. The van der Waals surface area contributed by atoms with Crippen molar-refractivity contribution in [3.8, 4) is 5.75 Å². The maximum Gasteiger partial charge on any atom is 0.241 e. The molecule has 0 fully saturated rings. The van der Waals surface area contributed by atoms with E-state index in [9.17, 15) is 9.90 Å². The van der Waals surface area contributed by atoms with Crippen molar-refractivity contribution in [2.24, 2.45) is 5.73 Å². The van der Waals surface area contributed by atoms with E-state index in [1.165, 1.54) is 0 Å². The van der Waals surface area contributed by atoms with Gasteiger partial charge in [-0.15, -0.1) is 12.4 Å². The first-order valence-corrected chi connectivity index (χ1v) is 5.73. The Balaban J connectivity index is 0.00000289. The lowest BCUT2D eigenvalue weighted by Gasteiger charge is -2.15. The van der Waals surface area contributed by atoms with Crippen LogP contribution in [0.2, 0.25) is 0 Å². The molecule has 4 nitrogen and oxygen atoms in total. The van der Waals surface area contributed by atoms with Gasteiger partial charge in [0, 0.05) is 5.69 Å². The maximum absolute atomic E-state index is 11.5. The van der Waals surface area contributed by atoms with Gasteiger partial charge in [-0.2, -0.15) is 0 Å². The molecule has 0 aliphatic rings. The first-order valence-electron chi connectivity index (χ1n) is 5.73. The number of carbonyl (C=O) groups excluding carboxylic acids is 1. The molecule has 1 aromatic carbocycles. The van der Waals surface area contributed by atoms with Crippen LogP contribution in [0.4, 0.5) is 5.69 Å².